The van der Waals surface area contributed by atoms with Crippen LogP contribution in [0.5, 0.6) is 0 Å². The van der Waals surface area contributed by atoms with Crippen molar-refractivity contribution in [2.45, 2.75) is 46.4 Å². The number of benzene rings is 1. The fourth-order valence-electron chi connectivity index (χ4n) is 2.22. The molecule has 1 heterocycles. The van der Waals surface area contributed by atoms with Gasteiger partial charge in [0.25, 0.3) is 0 Å². The average Bonchev–Trinajstić information content (AvgIpc) is 2.83. The molecule has 0 radical (unpaired) electrons. The second-order valence-electron chi connectivity index (χ2n) is 6.34. The van der Waals surface area contributed by atoms with Gasteiger partial charge in [-0.15, -0.1) is 0 Å². The number of hydrogen-bond donors (Lipinski definition) is 3. The number of imidazole rings is 1. The predicted octanol–water partition coefficient (Wildman–Crippen LogP) is 1.99. The van der Waals surface area contributed by atoms with Crippen molar-refractivity contribution in [3.8, 4) is 0 Å². The first-order valence-electron chi connectivity index (χ1n) is 8.05. The fourth-order valence-corrected chi connectivity index (χ4v) is 2.22. The Morgan fingerprint density at radius 1 is 1.26 bits per heavy atom. The van der Waals surface area contributed by atoms with E-state index in [1.807, 2.05) is 35.8 Å². The van der Waals surface area contributed by atoms with Gasteiger partial charge in [0.05, 0.1) is 17.1 Å². The van der Waals surface area contributed by atoms with Crippen molar-refractivity contribution in [1.82, 2.24) is 14.9 Å². The van der Waals surface area contributed by atoms with E-state index in [4.69, 9.17) is 0 Å². The number of nitrogens with zero attached hydrogens (tertiary/aromatic N) is 2. The maximum absolute atomic E-state index is 12.3. The highest BCUT2D eigenvalue weighted by Gasteiger charge is 2.16. The molecule has 0 bridgehead atoms. The molecule has 0 spiro atoms. The normalized spacial score (nSPS) is 14.0. The largest absolute Gasteiger partial charge is 0.392 e. The Bertz CT molecular complexity index is 664. The minimum atomic E-state index is -0.488. The first kappa shape index (κ1) is 17.3. The molecule has 0 aliphatic carbocycles. The van der Waals surface area contributed by atoms with Crippen LogP contribution < -0.4 is 10.6 Å². The van der Waals surface area contributed by atoms with Crippen LogP contribution in [0.1, 0.15) is 27.7 Å². The Labute approximate surface area is 136 Å². The highest BCUT2D eigenvalue weighted by atomic mass is 16.3. The van der Waals surface area contributed by atoms with Crippen LogP contribution in [0.25, 0.3) is 11.0 Å². The Morgan fingerprint density at radius 3 is 2.61 bits per heavy atom. The third-order valence-corrected chi connectivity index (χ3v) is 3.90. The van der Waals surface area contributed by atoms with E-state index < -0.39 is 6.10 Å². The molecule has 0 unspecified atom stereocenters. The van der Waals surface area contributed by atoms with Crippen molar-refractivity contribution in [2.24, 2.45) is 5.92 Å². The van der Waals surface area contributed by atoms with Crippen molar-refractivity contribution < 1.29 is 9.90 Å². The summed E-state index contributed by atoms with van der Waals surface area (Å²) < 4.78 is 1.85. The predicted molar refractivity (Wildman–Crippen MR) is 92.3 cm³/mol. The van der Waals surface area contributed by atoms with Gasteiger partial charge >= 0.3 is 0 Å². The monoisotopic (exact) mass is 318 g/mol. The van der Waals surface area contributed by atoms with Gasteiger partial charge in [-0.05, 0) is 31.9 Å². The third kappa shape index (κ3) is 4.45. The lowest BCUT2D eigenvalue weighted by Gasteiger charge is -2.18. The molecule has 6 heteroatoms. The van der Waals surface area contributed by atoms with Gasteiger partial charge in [-0.25, -0.2) is 4.98 Å². The molecule has 0 saturated carbocycles. The van der Waals surface area contributed by atoms with Gasteiger partial charge in [-0.3, -0.25) is 4.79 Å². The van der Waals surface area contributed by atoms with E-state index in [1.54, 1.807) is 6.92 Å². The molecular formula is C17H26N4O2. The lowest BCUT2D eigenvalue weighted by Crippen LogP contribution is -2.38. The quantitative estimate of drug-likeness (QED) is 0.729. The summed E-state index contributed by atoms with van der Waals surface area (Å²) in [7, 11) is 0. The van der Waals surface area contributed by atoms with Crippen molar-refractivity contribution in [1.29, 1.82) is 0 Å². The number of aromatic nitrogens is 2. The number of para-hydroxylation sites is 2. The molecule has 0 aliphatic rings. The fraction of sp³-hybridized carbons (Fsp3) is 0.529. The summed E-state index contributed by atoms with van der Waals surface area (Å²) in [6, 6.07) is 7.81. The molecule has 1 amide bonds. The van der Waals surface area contributed by atoms with Gasteiger partial charge in [-0.2, -0.15) is 0 Å². The number of rotatable bonds is 7. The van der Waals surface area contributed by atoms with Crippen molar-refractivity contribution >= 4 is 22.9 Å². The van der Waals surface area contributed by atoms with E-state index in [0.29, 0.717) is 18.4 Å². The molecule has 1 aromatic heterocycles. The van der Waals surface area contributed by atoms with Crippen LogP contribution in [-0.4, -0.2) is 39.3 Å². The second kappa shape index (κ2) is 7.46. The molecule has 3 N–H and O–H groups in total. The molecule has 1 aromatic carbocycles. The Kier molecular flexibility index (Phi) is 5.60. The lowest BCUT2D eigenvalue weighted by atomic mass is 10.1. The number of aliphatic hydroxyl groups is 1. The van der Waals surface area contributed by atoms with Gasteiger partial charge in [0.1, 0.15) is 6.54 Å². The minimum absolute atomic E-state index is 0.0468. The highest BCUT2D eigenvalue weighted by Crippen LogP contribution is 2.19. The summed E-state index contributed by atoms with van der Waals surface area (Å²) in [5.41, 5.74) is 1.72. The van der Waals surface area contributed by atoms with Crippen LogP contribution in [-0.2, 0) is 11.3 Å². The van der Waals surface area contributed by atoms with E-state index in [0.717, 1.165) is 11.0 Å². The van der Waals surface area contributed by atoms with Crippen LogP contribution in [0.15, 0.2) is 24.3 Å². The summed E-state index contributed by atoms with van der Waals surface area (Å²) in [4.78, 5) is 16.8. The third-order valence-electron chi connectivity index (χ3n) is 3.90. The van der Waals surface area contributed by atoms with E-state index in [-0.39, 0.29) is 18.5 Å². The minimum Gasteiger partial charge on any atom is -0.392 e. The average molecular weight is 318 g/mol. The number of hydrogen-bond acceptors (Lipinski definition) is 4. The Morgan fingerprint density at radius 2 is 1.96 bits per heavy atom. The summed E-state index contributed by atoms with van der Waals surface area (Å²) in [6.45, 7) is 8.44. The molecule has 2 rings (SSSR count). The van der Waals surface area contributed by atoms with Crippen molar-refractivity contribution in [3.63, 3.8) is 0 Å². The Balaban J connectivity index is 2.22. The molecule has 2 aromatic rings. The molecule has 23 heavy (non-hydrogen) atoms. The molecule has 6 nitrogen and oxygen atoms in total. The molecule has 0 fully saturated rings. The van der Waals surface area contributed by atoms with E-state index in [1.165, 1.54) is 0 Å². The maximum atomic E-state index is 12.3. The maximum Gasteiger partial charge on any atom is 0.240 e. The summed E-state index contributed by atoms with van der Waals surface area (Å²) in [5.74, 6) is 0.931. The topological polar surface area (TPSA) is 79.2 Å². The van der Waals surface area contributed by atoms with E-state index in [2.05, 4.69) is 29.5 Å². The summed E-state index contributed by atoms with van der Waals surface area (Å²) in [6.07, 6.45) is -0.488. The van der Waals surface area contributed by atoms with Gasteiger partial charge < -0.3 is 20.3 Å². The van der Waals surface area contributed by atoms with Crippen LogP contribution in [0.4, 0.5) is 5.95 Å². The molecule has 0 aliphatic heterocycles. The first-order valence-corrected chi connectivity index (χ1v) is 8.05. The van der Waals surface area contributed by atoms with E-state index >= 15 is 0 Å². The smallest absolute Gasteiger partial charge is 0.240 e. The zero-order valence-electron chi connectivity index (χ0n) is 14.2. The van der Waals surface area contributed by atoms with Gasteiger partial charge in [0.2, 0.25) is 11.9 Å². The number of fused-ring (bicyclic) bond motifs is 1. The SMILES string of the molecule is CC(C)[C@@H](C)NC(=O)Cn1c(NC[C@@H](C)O)nc2ccccc21. The number of carbonyl (C=O) groups is 1. The number of carbonyl (C=O) groups excluding carboxylic acids is 1. The summed E-state index contributed by atoms with van der Waals surface area (Å²) in [5, 5.41) is 15.6. The van der Waals surface area contributed by atoms with Crippen LogP contribution in [0.2, 0.25) is 0 Å². The van der Waals surface area contributed by atoms with Crippen LogP contribution in [0.3, 0.4) is 0 Å². The highest BCUT2D eigenvalue weighted by molar-refractivity contribution is 5.83. The van der Waals surface area contributed by atoms with Crippen molar-refractivity contribution in [3.05, 3.63) is 24.3 Å². The standard InChI is InChI=1S/C17H26N4O2/c1-11(2)13(4)19-16(23)10-21-15-8-6-5-7-14(15)20-17(21)18-9-12(3)22/h5-8,11-13,22H,9-10H2,1-4H3,(H,18,20)(H,19,23)/t12-,13-/m1/s1. The van der Waals surface area contributed by atoms with Gasteiger partial charge in [0.15, 0.2) is 0 Å². The first-order chi connectivity index (χ1) is 10.9. The zero-order valence-corrected chi connectivity index (χ0v) is 14.2. The van der Waals surface area contributed by atoms with Crippen LogP contribution in [0, 0.1) is 5.92 Å². The number of anilines is 1. The van der Waals surface area contributed by atoms with E-state index in [9.17, 15) is 9.90 Å². The molecule has 0 saturated heterocycles. The number of amides is 1. The summed E-state index contributed by atoms with van der Waals surface area (Å²) >= 11 is 0. The van der Waals surface area contributed by atoms with Crippen molar-refractivity contribution in [2.75, 3.05) is 11.9 Å². The zero-order chi connectivity index (χ0) is 17.0. The van der Waals surface area contributed by atoms with Crippen LogP contribution >= 0.6 is 0 Å². The Hall–Kier alpha value is -2.08. The van der Waals surface area contributed by atoms with Gasteiger partial charge in [0, 0.05) is 12.6 Å². The molecular weight excluding hydrogens is 292 g/mol. The molecule has 126 valence electrons. The lowest BCUT2D eigenvalue weighted by molar-refractivity contribution is -0.122. The number of aliphatic hydroxyl groups excluding tert-OH is 1. The van der Waals surface area contributed by atoms with Gasteiger partial charge in [-0.1, -0.05) is 26.0 Å². The number of nitrogens with one attached hydrogen (secondary N) is 2. The second-order valence-corrected chi connectivity index (χ2v) is 6.34. The molecule has 2 atom stereocenters.